The Hall–Kier alpha value is -1.09. The van der Waals surface area contributed by atoms with E-state index in [4.69, 9.17) is 5.26 Å². The molecule has 0 radical (unpaired) electrons. The third-order valence-corrected chi connectivity index (χ3v) is 3.14. The SMILES string of the molecule is CSCC(C)(O)CNCc1ccnc(C#N)c1. The minimum Gasteiger partial charge on any atom is -0.388 e. The highest BCUT2D eigenvalue weighted by molar-refractivity contribution is 7.98. The van der Waals surface area contributed by atoms with Crippen LogP contribution in [-0.2, 0) is 6.54 Å². The summed E-state index contributed by atoms with van der Waals surface area (Å²) in [5.74, 6) is 0.694. The van der Waals surface area contributed by atoms with Gasteiger partial charge >= 0.3 is 0 Å². The van der Waals surface area contributed by atoms with Gasteiger partial charge in [0.05, 0.1) is 5.60 Å². The normalized spacial score (nSPS) is 14.0. The Morgan fingerprint density at radius 1 is 1.65 bits per heavy atom. The zero-order chi connectivity index (χ0) is 12.7. The molecule has 1 heterocycles. The maximum atomic E-state index is 9.95. The summed E-state index contributed by atoms with van der Waals surface area (Å²) in [7, 11) is 0. The molecule has 17 heavy (non-hydrogen) atoms. The predicted octanol–water partition coefficient (Wildman–Crippen LogP) is 1.16. The van der Waals surface area contributed by atoms with E-state index in [1.165, 1.54) is 0 Å². The molecule has 4 nitrogen and oxygen atoms in total. The van der Waals surface area contributed by atoms with Gasteiger partial charge in [0.25, 0.3) is 0 Å². The van der Waals surface area contributed by atoms with E-state index in [0.29, 0.717) is 24.5 Å². The monoisotopic (exact) mass is 251 g/mol. The second kappa shape index (κ2) is 6.60. The molecule has 0 aromatic carbocycles. The van der Waals surface area contributed by atoms with Crippen molar-refractivity contribution < 1.29 is 5.11 Å². The maximum Gasteiger partial charge on any atom is 0.140 e. The van der Waals surface area contributed by atoms with Crippen LogP contribution in [0.2, 0.25) is 0 Å². The highest BCUT2D eigenvalue weighted by Crippen LogP contribution is 2.09. The molecular formula is C12H17N3OS. The number of hydrogen-bond acceptors (Lipinski definition) is 5. The predicted molar refractivity (Wildman–Crippen MR) is 69.7 cm³/mol. The number of hydrogen-bond donors (Lipinski definition) is 2. The highest BCUT2D eigenvalue weighted by atomic mass is 32.2. The van der Waals surface area contributed by atoms with Crippen LogP contribution in [0.4, 0.5) is 0 Å². The number of nitriles is 1. The minimum absolute atomic E-state index is 0.417. The van der Waals surface area contributed by atoms with E-state index in [2.05, 4.69) is 10.3 Å². The van der Waals surface area contributed by atoms with Crippen molar-refractivity contribution >= 4 is 11.8 Å². The lowest BCUT2D eigenvalue weighted by atomic mass is 10.1. The van der Waals surface area contributed by atoms with E-state index in [-0.39, 0.29) is 0 Å². The fourth-order valence-electron chi connectivity index (χ4n) is 1.48. The molecule has 0 aliphatic heterocycles. The topological polar surface area (TPSA) is 68.9 Å². The van der Waals surface area contributed by atoms with Gasteiger partial charge in [-0.3, -0.25) is 0 Å². The van der Waals surface area contributed by atoms with Crippen molar-refractivity contribution in [2.24, 2.45) is 0 Å². The lowest BCUT2D eigenvalue weighted by molar-refractivity contribution is 0.0846. The molecule has 1 aromatic rings. The molecule has 0 amide bonds. The maximum absolute atomic E-state index is 9.95. The van der Waals surface area contributed by atoms with Gasteiger partial charge in [-0.15, -0.1) is 0 Å². The van der Waals surface area contributed by atoms with Crippen molar-refractivity contribution in [3.8, 4) is 6.07 Å². The van der Waals surface area contributed by atoms with Crippen LogP contribution in [0.5, 0.6) is 0 Å². The van der Waals surface area contributed by atoms with Gasteiger partial charge in [-0.1, -0.05) is 0 Å². The van der Waals surface area contributed by atoms with Crippen LogP contribution in [-0.4, -0.2) is 34.2 Å². The molecule has 0 bridgehead atoms. The van der Waals surface area contributed by atoms with E-state index in [9.17, 15) is 5.11 Å². The summed E-state index contributed by atoms with van der Waals surface area (Å²) < 4.78 is 0. The Bertz CT molecular complexity index is 401. The van der Waals surface area contributed by atoms with Gasteiger partial charge in [-0.05, 0) is 30.9 Å². The fraction of sp³-hybridized carbons (Fsp3) is 0.500. The lowest BCUT2D eigenvalue weighted by Gasteiger charge is -2.22. The quantitative estimate of drug-likeness (QED) is 0.794. The Labute approximate surface area is 106 Å². The van der Waals surface area contributed by atoms with Crippen LogP contribution in [0, 0.1) is 11.3 Å². The van der Waals surface area contributed by atoms with Gasteiger partial charge in [0.15, 0.2) is 0 Å². The van der Waals surface area contributed by atoms with Crippen LogP contribution >= 0.6 is 11.8 Å². The van der Waals surface area contributed by atoms with Crippen molar-refractivity contribution in [1.82, 2.24) is 10.3 Å². The lowest BCUT2D eigenvalue weighted by Crippen LogP contribution is -2.39. The summed E-state index contributed by atoms with van der Waals surface area (Å²) in [6.07, 6.45) is 3.59. The summed E-state index contributed by atoms with van der Waals surface area (Å²) in [4.78, 5) is 3.90. The molecule has 0 aliphatic carbocycles. The van der Waals surface area contributed by atoms with Gasteiger partial charge in [-0.2, -0.15) is 17.0 Å². The average molecular weight is 251 g/mol. The Morgan fingerprint density at radius 3 is 3.06 bits per heavy atom. The van der Waals surface area contributed by atoms with E-state index >= 15 is 0 Å². The smallest absolute Gasteiger partial charge is 0.140 e. The third-order valence-electron chi connectivity index (χ3n) is 2.23. The van der Waals surface area contributed by atoms with Crippen molar-refractivity contribution in [3.63, 3.8) is 0 Å². The summed E-state index contributed by atoms with van der Waals surface area (Å²) in [6, 6.07) is 5.61. The van der Waals surface area contributed by atoms with Crippen LogP contribution in [0.1, 0.15) is 18.2 Å². The molecule has 1 aromatic heterocycles. The number of nitrogens with zero attached hydrogens (tertiary/aromatic N) is 2. The summed E-state index contributed by atoms with van der Waals surface area (Å²) in [6.45, 7) is 2.96. The number of aromatic nitrogens is 1. The van der Waals surface area contributed by atoms with Crippen LogP contribution in [0.25, 0.3) is 0 Å². The van der Waals surface area contributed by atoms with Crippen molar-refractivity contribution in [3.05, 3.63) is 29.6 Å². The number of pyridine rings is 1. The first-order valence-corrected chi connectivity index (χ1v) is 6.74. The summed E-state index contributed by atoms with van der Waals surface area (Å²) >= 11 is 1.62. The standard InChI is InChI=1S/C12H17N3OS/c1-12(16,9-17-2)8-14-7-10-3-4-15-11(5-10)6-13/h3-5,14,16H,7-9H2,1-2H3. The first kappa shape index (κ1) is 14.0. The van der Waals surface area contributed by atoms with E-state index in [0.717, 1.165) is 5.56 Å². The first-order chi connectivity index (χ1) is 8.07. The van der Waals surface area contributed by atoms with Gasteiger partial charge in [0.1, 0.15) is 11.8 Å². The fourth-order valence-corrected chi connectivity index (χ4v) is 2.21. The first-order valence-electron chi connectivity index (χ1n) is 5.34. The third kappa shape index (κ3) is 5.18. The number of nitrogens with one attached hydrogen (secondary N) is 1. The Kier molecular flexibility index (Phi) is 5.42. The van der Waals surface area contributed by atoms with Crippen LogP contribution in [0.15, 0.2) is 18.3 Å². The van der Waals surface area contributed by atoms with Gasteiger partial charge in [0, 0.05) is 25.0 Å². The minimum atomic E-state index is -0.704. The van der Waals surface area contributed by atoms with E-state index in [1.807, 2.05) is 25.3 Å². The second-order valence-electron chi connectivity index (χ2n) is 4.19. The van der Waals surface area contributed by atoms with Gasteiger partial charge < -0.3 is 10.4 Å². The van der Waals surface area contributed by atoms with Crippen molar-refractivity contribution in [2.75, 3.05) is 18.6 Å². The molecule has 2 N–H and O–H groups in total. The van der Waals surface area contributed by atoms with Crippen molar-refractivity contribution in [2.45, 2.75) is 19.1 Å². The van der Waals surface area contributed by atoms with E-state index in [1.54, 1.807) is 24.0 Å². The second-order valence-corrected chi connectivity index (χ2v) is 5.06. The Morgan fingerprint density at radius 2 is 2.41 bits per heavy atom. The Balaban J connectivity index is 2.43. The average Bonchev–Trinajstić information content (AvgIpc) is 2.29. The molecule has 0 aliphatic rings. The van der Waals surface area contributed by atoms with Crippen molar-refractivity contribution in [1.29, 1.82) is 5.26 Å². The zero-order valence-electron chi connectivity index (χ0n) is 10.1. The summed E-state index contributed by atoms with van der Waals surface area (Å²) in [5, 5.41) is 21.8. The molecule has 0 saturated heterocycles. The molecule has 1 rings (SSSR count). The number of thioether (sulfide) groups is 1. The molecule has 92 valence electrons. The molecule has 0 spiro atoms. The van der Waals surface area contributed by atoms with E-state index < -0.39 is 5.60 Å². The summed E-state index contributed by atoms with van der Waals surface area (Å²) in [5.41, 5.74) is 0.710. The van der Waals surface area contributed by atoms with Crippen LogP contribution < -0.4 is 5.32 Å². The number of rotatable bonds is 6. The molecule has 1 unspecified atom stereocenters. The molecular weight excluding hydrogens is 234 g/mol. The largest absolute Gasteiger partial charge is 0.388 e. The number of aliphatic hydroxyl groups is 1. The van der Waals surface area contributed by atoms with Crippen LogP contribution in [0.3, 0.4) is 0 Å². The molecule has 5 heteroatoms. The van der Waals surface area contributed by atoms with Gasteiger partial charge in [-0.25, -0.2) is 4.98 Å². The molecule has 0 fully saturated rings. The van der Waals surface area contributed by atoms with Gasteiger partial charge in [0.2, 0.25) is 0 Å². The molecule has 1 atom stereocenters. The zero-order valence-corrected chi connectivity index (χ0v) is 10.9. The highest BCUT2D eigenvalue weighted by Gasteiger charge is 2.18. The molecule has 0 saturated carbocycles.